The van der Waals surface area contributed by atoms with E-state index >= 15 is 0 Å². The summed E-state index contributed by atoms with van der Waals surface area (Å²) in [5.41, 5.74) is 1.75. The molecule has 0 aliphatic heterocycles. The molecule has 0 saturated carbocycles. The van der Waals surface area contributed by atoms with Crippen molar-refractivity contribution in [3.05, 3.63) is 60.4 Å². The molecule has 8 nitrogen and oxygen atoms in total. The van der Waals surface area contributed by atoms with Crippen molar-refractivity contribution in [2.45, 2.75) is 6.92 Å². The molecule has 4 aromatic rings. The van der Waals surface area contributed by atoms with Gasteiger partial charge in [-0.1, -0.05) is 0 Å². The molecule has 0 unspecified atom stereocenters. The van der Waals surface area contributed by atoms with Gasteiger partial charge in [-0.25, -0.2) is 4.98 Å². The number of hydrogen-bond acceptors (Lipinski definition) is 5. The molecule has 0 radical (unpaired) electrons. The number of amides is 1. The van der Waals surface area contributed by atoms with Crippen LogP contribution in [0.2, 0.25) is 0 Å². The zero-order chi connectivity index (χ0) is 16.5. The first kappa shape index (κ1) is 14.1. The Labute approximate surface area is 136 Å². The Morgan fingerprint density at radius 3 is 2.88 bits per heavy atom. The number of imidazole rings is 1. The summed E-state index contributed by atoms with van der Waals surface area (Å²) < 4.78 is 1.79. The fourth-order valence-electron chi connectivity index (χ4n) is 2.40. The summed E-state index contributed by atoms with van der Waals surface area (Å²) in [6.45, 7) is 1.87. The maximum Gasteiger partial charge on any atom is 0.276 e. The minimum absolute atomic E-state index is 0.237. The van der Waals surface area contributed by atoms with Gasteiger partial charge in [0.2, 0.25) is 0 Å². The van der Waals surface area contributed by atoms with Crippen molar-refractivity contribution in [2.75, 3.05) is 5.32 Å². The zero-order valence-electron chi connectivity index (χ0n) is 12.8. The number of rotatable bonds is 3. The van der Waals surface area contributed by atoms with Gasteiger partial charge in [0, 0.05) is 23.5 Å². The van der Waals surface area contributed by atoms with Crippen LogP contribution in [0.1, 0.15) is 16.3 Å². The number of fused-ring (bicyclic) bond motifs is 1. The van der Waals surface area contributed by atoms with Crippen LogP contribution in [0.25, 0.3) is 16.7 Å². The van der Waals surface area contributed by atoms with Crippen LogP contribution >= 0.6 is 0 Å². The van der Waals surface area contributed by atoms with Crippen LogP contribution in [0.5, 0.6) is 0 Å². The molecular formula is C16H13N7O. The van der Waals surface area contributed by atoms with E-state index in [1.807, 2.05) is 25.1 Å². The minimum Gasteiger partial charge on any atom is -0.321 e. The first-order valence-electron chi connectivity index (χ1n) is 7.29. The highest BCUT2D eigenvalue weighted by molar-refractivity contribution is 6.03. The third kappa shape index (κ3) is 2.50. The van der Waals surface area contributed by atoms with Crippen molar-refractivity contribution in [3.8, 4) is 5.82 Å². The Morgan fingerprint density at radius 1 is 1.21 bits per heavy atom. The minimum atomic E-state index is -0.324. The van der Waals surface area contributed by atoms with Gasteiger partial charge in [0.1, 0.15) is 5.82 Å². The van der Waals surface area contributed by atoms with Crippen molar-refractivity contribution >= 4 is 22.5 Å². The molecular weight excluding hydrogens is 306 g/mol. The van der Waals surface area contributed by atoms with Gasteiger partial charge >= 0.3 is 0 Å². The van der Waals surface area contributed by atoms with Gasteiger partial charge in [0.15, 0.2) is 11.5 Å². The van der Waals surface area contributed by atoms with Crippen molar-refractivity contribution in [2.24, 2.45) is 0 Å². The van der Waals surface area contributed by atoms with E-state index in [1.54, 1.807) is 35.3 Å². The molecule has 0 atom stereocenters. The van der Waals surface area contributed by atoms with Gasteiger partial charge < -0.3 is 5.32 Å². The number of carbonyl (C=O) groups excluding carboxylic acids is 1. The highest BCUT2D eigenvalue weighted by Gasteiger charge is 2.10. The fourth-order valence-corrected chi connectivity index (χ4v) is 2.40. The lowest BCUT2D eigenvalue weighted by Gasteiger charge is -2.06. The predicted molar refractivity (Wildman–Crippen MR) is 87.9 cm³/mol. The van der Waals surface area contributed by atoms with E-state index in [0.717, 1.165) is 16.7 Å². The fraction of sp³-hybridized carbons (Fsp3) is 0.0625. The highest BCUT2D eigenvalue weighted by Crippen LogP contribution is 2.17. The van der Waals surface area contributed by atoms with Crippen LogP contribution in [0, 0.1) is 6.92 Å². The summed E-state index contributed by atoms with van der Waals surface area (Å²) in [5.74, 6) is 1.09. The average Bonchev–Trinajstić information content (AvgIpc) is 3.23. The molecule has 0 fully saturated rings. The van der Waals surface area contributed by atoms with E-state index in [2.05, 4.69) is 30.7 Å². The molecule has 3 heterocycles. The highest BCUT2D eigenvalue weighted by atomic mass is 16.1. The monoisotopic (exact) mass is 319 g/mol. The third-order valence-electron chi connectivity index (χ3n) is 3.66. The maximum absolute atomic E-state index is 12.3. The normalized spacial score (nSPS) is 10.9. The summed E-state index contributed by atoms with van der Waals surface area (Å²) in [6.07, 6.45) is 5.20. The summed E-state index contributed by atoms with van der Waals surface area (Å²) in [4.78, 5) is 16.4. The van der Waals surface area contributed by atoms with Gasteiger partial charge in [-0.2, -0.15) is 5.10 Å². The van der Waals surface area contributed by atoms with Crippen LogP contribution in [0.3, 0.4) is 0 Å². The van der Waals surface area contributed by atoms with Crippen molar-refractivity contribution < 1.29 is 4.79 Å². The second-order valence-corrected chi connectivity index (χ2v) is 5.25. The number of nitrogens with zero attached hydrogens (tertiary/aromatic N) is 5. The number of aryl methyl sites for hydroxylation is 1. The van der Waals surface area contributed by atoms with Gasteiger partial charge in [-0.15, -0.1) is 10.2 Å². The molecule has 0 aliphatic rings. The maximum atomic E-state index is 12.3. The molecule has 8 heteroatoms. The molecule has 118 valence electrons. The number of benzene rings is 1. The average molecular weight is 319 g/mol. The van der Waals surface area contributed by atoms with E-state index < -0.39 is 0 Å². The quantitative estimate of drug-likeness (QED) is 0.602. The molecule has 0 saturated heterocycles. The van der Waals surface area contributed by atoms with Gasteiger partial charge in [-0.05, 0) is 37.3 Å². The predicted octanol–water partition coefficient (Wildman–Crippen LogP) is 2.10. The molecule has 3 aromatic heterocycles. The van der Waals surface area contributed by atoms with E-state index in [4.69, 9.17) is 0 Å². The first-order chi connectivity index (χ1) is 11.7. The number of anilines is 1. The Bertz CT molecular complexity index is 1020. The molecule has 24 heavy (non-hydrogen) atoms. The number of aromatic amines is 1. The smallest absolute Gasteiger partial charge is 0.276 e. The van der Waals surface area contributed by atoms with Crippen molar-refractivity contribution in [1.29, 1.82) is 0 Å². The second-order valence-electron chi connectivity index (χ2n) is 5.25. The summed E-state index contributed by atoms with van der Waals surface area (Å²) in [6, 6.07) is 8.87. The first-order valence-corrected chi connectivity index (χ1v) is 7.29. The SMILES string of the molecule is Cc1nccn1-c1ccc(C(=O)Nc2ccc3cn[nH]c3c2)nn1. The Kier molecular flexibility index (Phi) is 3.27. The third-order valence-corrected chi connectivity index (χ3v) is 3.66. The van der Waals surface area contributed by atoms with Gasteiger partial charge in [0.25, 0.3) is 5.91 Å². The van der Waals surface area contributed by atoms with E-state index in [0.29, 0.717) is 11.5 Å². The zero-order valence-corrected chi connectivity index (χ0v) is 12.8. The van der Waals surface area contributed by atoms with E-state index in [-0.39, 0.29) is 11.6 Å². The van der Waals surface area contributed by atoms with Gasteiger partial charge in [-0.3, -0.25) is 14.5 Å². The van der Waals surface area contributed by atoms with Crippen LogP contribution in [-0.2, 0) is 0 Å². The number of H-pyrrole nitrogens is 1. The summed E-state index contributed by atoms with van der Waals surface area (Å²) in [5, 5.41) is 18.7. The van der Waals surface area contributed by atoms with Crippen molar-refractivity contribution in [1.82, 2.24) is 29.9 Å². The second kappa shape index (κ2) is 5.58. The van der Waals surface area contributed by atoms with Crippen LogP contribution in [0.15, 0.2) is 48.9 Å². The number of aromatic nitrogens is 6. The van der Waals surface area contributed by atoms with Crippen molar-refractivity contribution in [3.63, 3.8) is 0 Å². The summed E-state index contributed by atoms with van der Waals surface area (Å²) >= 11 is 0. The standard InChI is InChI=1S/C16H13N7O/c1-10-17-6-7-23(10)15-5-4-13(21-22-15)16(24)19-12-3-2-11-9-18-20-14(11)8-12/h2-9H,1H3,(H,18,20)(H,19,24). The molecule has 2 N–H and O–H groups in total. The van der Waals surface area contributed by atoms with Crippen LogP contribution in [-0.4, -0.2) is 35.9 Å². The van der Waals surface area contributed by atoms with E-state index in [1.165, 1.54) is 0 Å². The number of hydrogen-bond donors (Lipinski definition) is 2. The lowest BCUT2D eigenvalue weighted by molar-refractivity contribution is 0.102. The Hall–Kier alpha value is -3.55. The Morgan fingerprint density at radius 2 is 2.12 bits per heavy atom. The van der Waals surface area contributed by atoms with E-state index in [9.17, 15) is 4.79 Å². The molecule has 1 aromatic carbocycles. The molecule has 1 amide bonds. The molecule has 0 aliphatic carbocycles. The number of nitrogens with one attached hydrogen (secondary N) is 2. The molecule has 0 spiro atoms. The van der Waals surface area contributed by atoms with Crippen LogP contribution in [0.4, 0.5) is 5.69 Å². The van der Waals surface area contributed by atoms with Gasteiger partial charge in [0.05, 0.1) is 11.7 Å². The molecule has 4 rings (SSSR count). The summed E-state index contributed by atoms with van der Waals surface area (Å²) in [7, 11) is 0. The lowest BCUT2D eigenvalue weighted by Crippen LogP contribution is -2.15. The lowest BCUT2D eigenvalue weighted by atomic mass is 10.2. The Balaban J connectivity index is 1.54. The van der Waals surface area contributed by atoms with Crippen LogP contribution < -0.4 is 5.32 Å². The molecule has 0 bridgehead atoms. The largest absolute Gasteiger partial charge is 0.321 e. The number of carbonyl (C=O) groups is 1. The topological polar surface area (TPSA) is 101 Å².